The highest BCUT2D eigenvalue weighted by Gasteiger charge is 2.45. The van der Waals surface area contributed by atoms with Crippen molar-refractivity contribution in [2.75, 3.05) is 13.2 Å². The van der Waals surface area contributed by atoms with Crippen LogP contribution in [0.4, 0.5) is 0 Å². The molecule has 2 saturated heterocycles. The summed E-state index contributed by atoms with van der Waals surface area (Å²) in [5.41, 5.74) is 0. The first-order valence-electron chi connectivity index (χ1n) is 6.55. The van der Waals surface area contributed by atoms with E-state index >= 15 is 0 Å². The van der Waals surface area contributed by atoms with Crippen molar-refractivity contribution in [3.8, 4) is 0 Å². The average Bonchev–Trinajstić information content (AvgIpc) is 2.46. The lowest BCUT2D eigenvalue weighted by atomic mass is 10.0. The molecule has 8 atom stereocenters. The minimum Gasteiger partial charge on any atom is -0.387 e. The number of hydrogen-bond donors (Lipinski definition) is 6. The zero-order chi connectivity index (χ0) is 17.4. The molecule has 12 nitrogen and oxygen atoms in total. The molecule has 6 N–H and O–H groups in total. The lowest BCUT2D eigenvalue weighted by Gasteiger charge is -2.41. The third-order valence-electron chi connectivity index (χ3n) is 3.44. The van der Waals surface area contributed by atoms with Gasteiger partial charge in [0.2, 0.25) is 0 Å². The van der Waals surface area contributed by atoms with Crippen LogP contribution in [0.3, 0.4) is 0 Å². The van der Waals surface area contributed by atoms with Crippen LogP contribution in [0.15, 0.2) is 0 Å². The second-order valence-corrected chi connectivity index (χ2v) is 6.17. The highest BCUT2D eigenvalue weighted by molar-refractivity contribution is 7.80. The minimum absolute atomic E-state index is 0.326. The van der Waals surface area contributed by atoms with Crippen molar-refractivity contribution < 1.29 is 56.9 Å². The van der Waals surface area contributed by atoms with Crippen LogP contribution < -0.4 is 0 Å². The van der Waals surface area contributed by atoms with E-state index in [1.165, 1.54) is 0 Å². The Morgan fingerprint density at radius 3 is 2.00 bits per heavy atom. The highest BCUT2D eigenvalue weighted by Crippen LogP contribution is 2.24. The van der Waals surface area contributed by atoms with E-state index in [-0.39, 0.29) is 6.61 Å². The van der Waals surface area contributed by atoms with Gasteiger partial charge < -0.3 is 39.7 Å². The fraction of sp³-hybridized carbons (Fsp3) is 1.00. The van der Waals surface area contributed by atoms with Crippen LogP contribution in [0.25, 0.3) is 0 Å². The Balaban J connectivity index is 1.95. The third kappa shape index (κ3) is 4.55. The van der Waals surface area contributed by atoms with E-state index in [4.69, 9.17) is 18.8 Å². The molecule has 0 aliphatic carbocycles. The molecule has 0 aromatic rings. The Labute approximate surface area is 130 Å². The molecule has 0 unspecified atom stereocenters. The molecule has 0 amide bonds. The Morgan fingerprint density at radius 1 is 0.826 bits per heavy atom. The maximum atomic E-state index is 10.6. The second-order valence-electron chi connectivity index (χ2n) is 5.12. The first kappa shape index (κ1) is 18.9. The predicted octanol–water partition coefficient (Wildman–Crippen LogP) is -4.29. The molecule has 2 aliphatic heterocycles. The molecule has 2 fully saturated rings. The first-order chi connectivity index (χ1) is 10.6. The number of hydrogen-bond acceptors (Lipinski definition) is 11. The smallest absolute Gasteiger partial charge is 0.387 e. The van der Waals surface area contributed by atoms with E-state index in [2.05, 4.69) is 4.18 Å². The van der Waals surface area contributed by atoms with Crippen LogP contribution >= 0.6 is 0 Å². The maximum absolute atomic E-state index is 10.6. The van der Waals surface area contributed by atoms with Crippen molar-refractivity contribution in [1.29, 1.82) is 0 Å². The average molecular weight is 362 g/mol. The van der Waals surface area contributed by atoms with Crippen LogP contribution in [0, 0.1) is 0 Å². The topological polar surface area (TPSA) is 192 Å². The molecule has 2 heterocycles. The van der Waals surface area contributed by atoms with Crippen LogP contribution in [-0.2, 0) is 28.8 Å². The maximum Gasteiger partial charge on any atom is 0.397 e. The normalized spacial score (nSPS) is 45.8. The Kier molecular flexibility index (Phi) is 5.91. The summed E-state index contributed by atoms with van der Waals surface area (Å²) in [6.45, 7) is -0.870. The molecule has 13 heteroatoms. The largest absolute Gasteiger partial charge is 0.397 e. The Hall–Kier alpha value is -0.450. The summed E-state index contributed by atoms with van der Waals surface area (Å²) in [7, 11) is -4.86. The number of rotatable bonds is 4. The molecule has 136 valence electrons. The van der Waals surface area contributed by atoms with E-state index in [0.717, 1.165) is 0 Å². The molecular formula is C10H18O12S. The van der Waals surface area contributed by atoms with E-state index in [0.29, 0.717) is 0 Å². The fourth-order valence-corrected chi connectivity index (χ4v) is 2.68. The molecule has 0 spiro atoms. The number of aliphatic hydroxyl groups excluding tert-OH is 5. The van der Waals surface area contributed by atoms with Gasteiger partial charge in [0.25, 0.3) is 0 Å². The van der Waals surface area contributed by atoms with Gasteiger partial charge in [-0.1, -0.05) is 0 Å². The summed E-state index contributed by atoms with van der Waals surface area (Å²) >= 11 is 0. The zero-order valence-electron chi connectivity index (χ0n) is 11.6. The fourth-order valence-electron chi connectivity index (χ4n) is 2.20. The minimum atomic E-state index is -4.86. The van der Waals surface area contributed by atoms with Crippen LogP contribution in [0.2, 0.25) is 0 Å². The van der Waals surface area contributed by atoms with Crippen LogP contribution in [0.1, 0.15) is 0 Å². The summed E-state index contributed by atoms with van der Waals surface area (Å²) in [6.07, 6.45) is -12.6. The molecule has 0 bridgehead atoms. The summed E-state index contributed by atoms with van der Waals surface area (Å²) in [4.78, 5) is 0. The highest BCUT2D eigenvalue weighted by atomic mass is 32.3. The van der Waals surface area contributed by atoms with Crippen molar-refractivity contribution in [2.45, 2.75) is 49.2 Å². The van der Waals surface area contributed by atoms with Crippen molar-refractivity contribution in [2.24, 2.45) is 0 Å². The third-order valence-corrected chi connectivity index (χ3v) is 3.93. The van der Waals surface area contributed by atoms with Gasteiger partial charge >= 0.3 is 10.4 Å². The lowest BCUT2D eigenvalue weighted by molar-refractivity contribution is -0.322. The predicted molar refractivity (Wildman–Crippen MR) is 67.0 cm³/mol. The summed E-state index contributed by atoms with van der Waals surface area (Å²) in [6, 6.07) is 0. The van der Waals surface area contributed by atoms with Crippen molar-refractivity contribution in [3.05, 3.63) is 0 Å². The number of aliphatic hydroxyl groups is 5. The standard InChI is InChI=1S/C10H18O12S/c11-5-3(1-19-9(15)7(5)13)21-10-8(14)6(12)4(2-20-10)22-23(16,17)18/h3-15H,1-2H2,(H,16,17,18)/t3-,4-,5+,6+,7-,8-,9-,10+/m1/s1. The molecular weight excluding hydrogens is 344 g/mol. The van der Waals surface area contributed by atoms with Gasteiger partial charge in [0, 0.05) is 0 Å². The summed E-state index contributed by atoms with van der Waals surface area (Å²) < 4.78 is 48.8. The van der Waals surface area contributed by atoms with Crippen molar-refractivity contribution in [3.63, 3.8) is 0 Å². The molecule has 0 aromatic carbocycles. The van der Waals surface area contributed by atoms with E-state index in [1.54, 1.807) is 0 Å². The molecule has 0 aromatic heterocycles. The molecule has 2 rings (SSSR count). The van der Waals surface area contributed by atoms with Gasteiger partial charge in [0.05, 0.1) is 13.2 Å². The van der Waals surface area contributed by atoms with E-state index in [1.807, 2.05) is 0 Å². The lowest BCUT2D eigenvalue weighted by Crippen LogP contribution is -2.59. The van der Waals surface area contributed by atoms with Gasteiger partial charge in [0.1, 0.15) is 36.6 Å². The van der Waals surface area contributed by atoms with Gasteiger partial charge in [-0.2, -0.15) is 8.42 Å². The van der Waals surface area contributed by atoms with Gasteiger partial charge in [-0.3, -0.25) is 4.55 Å². The SMILES string of the molecule is O=S(=O)(O)O[C@@H]1CO[C@@H](O[C@@H]2CO[C@@H](O)[C@H](O)[C@H]2O)[C@H](O)[C@H]1O. The second kappa shape index (κ2) is 7.20. The van der Waals surface area contributed by atoms with E-state index in [9.17, 15) is 34.0 Å². The summed E-state index contributed by atoms with van der Waals surface area (Å²) in [5, 5.41) is 48.0. The Bertz CT molecular complexity index is 496. The monoisotopic (exact) mass is 362 g/mol. The molecule has 2 aliphatic rings. The van der Waals surface area contributed by atoms with Gasteiger partial charge in [-0.25, -0.2) is 4.18 Å². The quantitative estimate of drug-likeness (QED) is 0.264. The van der Waals surface area contributed by atoms with Crippen LogP contribution in [0.5, 0.6) is 0 Å². The first-order valence-corrected chi connectivity index (χ1v) is 7.91. The summed E-state index contributed by atoms with van der Waals surface area (Å²) in [5.74, 6) is 0. The van der Waals surface area contributed by atoms with Crippen LogP contribution in [-0.4, -0.2) is 101 Å². The van der Waals surface area contributed by atoms with Gasteiger partial charge in [-0.15, -0.1) is 0 Å². The van der Waals surface area contributed by atoms with Crippen molar-refractivity contribution >= 4 is 10.4 Å². The Morgan fingerprint density at radius 2 is 1.39 bits per heavy atom. The zero-order valence-corrected chi connectivity index (χ0v) is 12.4. The molecule has 0 saturated carbocycles. The van der Waals surface area contributed by atoms with Gasteiger partial charge in [-0.05, 0) is 0 Å². The van der Waals surface area contributed by atoms with Crippen molar-refractivity contribution in [1.82, 2.24) is 0 Å². The number of ether oxygens (including phenoxy) is 3. The van der Waals surface area contributed by atoms with Gasteiger partial charge in [0.15, 0.2) is 12.6 Å². The van der Waals surface area contributed by atoms with E-state index < -0.39 is 66.2 Å². The molecule has 23 heavy (non-hydrogen) atoms. The molecule has 0 radical (unpaired) electrons.